The van der Waals surface area contributed by atoms with Gasteiger partial charge in [0, 0.05) is 4.47 Å². The molecule has 1 aromatic carbocycles. The molecular formula is C11H16BrN. The van der Waals surface area contributed by atoms with Crippen molar-refractivity contribution >= 4 is 15.9 Å². The average molecular weight is 242 g/mol. The molecule has 0 bridgehead atoms. The topological polar surface area (TPSA) is 12.0 Å². The number of hydrogen-bond acceptors (Lipinski definition) is 1. The molecule has 72 valence electrons. The second-order valence-corrected chi connectivity index (χ2v) is 4.31. The third-order valence-corrected chi connectivity index (χ3v) is 2.85. The van der Waals surface area contributed by atoms with E-state index in [0.29, 0.717) is 5.92 Å². The maximum absolute atomic E-state index is 3.56. The molecule has 0 heterocycles. The highest BCUT2D eigenvalue weighted by Crippen LogP contribution is 2.18. The predicted molar refractivity (Wildman–Crippen MR) is 60.9 cm³/mol. The van der Waals surface area contributed by atoms with E-state index >= 15 is 0 Å². The molecule has 0 saturated carbocycles. The zero-order valence-electron chi connectivity index (χ0n) is 8.18. The summed E-state index contributed by atoms with van der Waals surface area (Å²) in [4.78, 5) is 0. The van der Waals surface area contributed by atoms with Gasteiger partial charge < -0.3 is 5.32 Å². The predicted octanol–water partition coefficient (Wildman–Crippen LogP) is 2.85. The molecule has 0 aliphatic rings. The standard InChI is InChI=1S/C11H16BrN/c1-9(8-13-2)7-10-5-3-4-6-11(10)12/h3-6,9,13H,7-8H2,1-2H3. The second-order valence-electron chi connectivity index (χ2n) is 3.46. The van der Waals surface area contributed by atoms with Crippen molar-refractivity contribution in [1.82, 2.24) is 5.32 Å². The fourth-order valence-corrected chi connectivity index (χ4v) is 1.91. The number of benzene rings is 1. The van der Waals surface area contributed by atoms with Crippen LogP contribution in [0, 0.1) is 5.92 Å². The van der Waals surface area contributed by atoms with E-state index in [1.54, 1.807) is 0 Å². The minimum absolute atomic E-state index is 0.684. The maximum atomic E-state index is 3.56. The van der Waals surface area contributed by atoms with E-state index < -0.39 is 0 Å². The lowest BCUT2D eigenvalue weighted by Gasteiger charge is -2.11. The van der Waals surface area contributed by atoms with Crippen LogP contribution in [0.15, 0.2) is 28.7 Å². The first-order valence-corrected chi connectivity index (χ1v) is 5.41. The van der Waals surface area contributed by atoms with Crippen LogP contribution >= 0.6 is 15.9 Å². The molecule has 0 saturated heterocycles. The van der Waals surface area contributed by atoms with Gasteiger partial charge in [0.05, 0.1) is 0 Å². The minimum Gasteiger partial charge on any atom is -0.319 e. The lowest BCUT2D eigenvalue weighted by Crippen LogP contribution is -2.18. The van der Waals surface area contributed by atoms with Crippen molar-refractivity contribution in [2.75, 3.05) is 13.6 Å². The molecule has 0 aromatic heterocycles. The molecule has 0 amide bonds. The van der Waals surface area contributed by atoms with Gasteiger partial charge in [0.2, 0.25) is 0 Å². The minimum atomic E-state index is 0.684. The summed E-state index contributed by atoms with van der Waals surface area (Å²) in [6.07, 6.45) is 1.13. The first-order chi connectivity index (χ1) is 6.24. The number of nitrogens with one attached hydrogen (secondary N) is 1. The Kier molecular flexibility index (Phi) is 4.46. The molecular weight excluding hydrogens is 226 g/mol. The summed E-state index contributed by atoms with van der Waals surface area (Å²) in [5, 5.41) is 3.19. The van der Waals surface area contributed by atoms with Gasteiger partial charge in [-0.3, -0.25) is 0 Å². The molecule has 1 nitrogen and oxygen atoms in total. The molecule has 1 unspecified atom stereocenters. The Labute approximate surface area is 88.7 Å². The third kappa shape index (κ3) is 3.49. The molecule has 1 rings (SSSR count). The first kappa shape index (κ1) is 10.7. The largest absolute Gasteiger partial charge is 0.319 e. The monoisotopic (exact) mass is 241 g/mol. The highest BCUT2D eigenvalue weighted by Gasteiger charge is 2.04. The summed E-state index contributed by atoms with van der Waals surface area (Å²) >= 11 is 3.56. The van der Waals surface area contributed by atoms with Crippen LogP contribution in [0.5, 0.6) is 0 Å². The van der Waals surface area contributed by atoms with Gasteiger partial charge in [-0.1, -0.05) is 41.1 Å². The molecule has 1 aromatic rings. The van der Waals surface area contributed by atoms with Crippen LogP contribution in [0.25, 0.3) is 0 Å². The summed E-state index contributed by atoms with van der Waals surface area (Å²) in [7, 11) is 2.00. The van der Waals surface area contributed by atoms with Crippen molar-refractivity contribution in [3.05, 3.63) is 34.3 Å². The van der Waals surface area contributed by atoms with Crippen molar-refractivity contribution in [1.29, 1.82) is 0 Å². The summed E-state index contributed by atoms with van der Waals surface area (Å²) in [5.74, 6) is 0.684. The highest BCUT2D eigenvalue weighted by atomic mass is 79.9. The van der Waals surface area contributed by atoms with Crippen LogP contribution in [-0.4, -0.2) is 13.6 Å². The zero-order chi connectivity index (χ0) is 9.68. The smallest absolute Gasteiger partial charge is 0.0207 e. The van der Waals surface area contributed by atoms with Crippen LogP contribution in [-0.2, 0) is 6.42 Å². The average Bonchev–Trinajstić information content (AvgIpc) is 2.09. The third-order valence-electron chi connectivity index (χ3n) is 2.08. The van der Waals surface area contributed by atoms with Gasteiger partial charge in [0.25, 0.3) is 0 Å². The Morgan fingerprint density at radius 3 is 2.69 bits per heavy atom. The summed E-state index contributed by atoms with van der Waals surface area (Å²) in [5.41, 5.74) is 1.39. The van der Waals surface area contributed by atoms with Crippen molar-refractivity contribution in [2.45, 2.75) is 13.3 Å². The normalized spacial score (nSPS) is 12.8. The van der Waals surface area contributed by atoms with Crippen LogP contribution < -0.4 is 5.32 Å². The molecule has 0 spiro atoms. The lowest BCUT2D eigenvalue weighted by molar-refractivity contribution is 0.541. The molecule has 0 radical (unpaired) electrons. The summed E-state index contributed by atoms with van der Waals surface area (Å²) in [6, 6.07) is 8.42. The Balaban J connectivity index is 2.58. The second kappa shape index (κ2) is 5.40. The first-order valence-electron chi connectivity index (χ1n) is 4.62. The molecule has 2 heteroatoms. The van der Waals surface area contributed by atoms with Crippen LogP contribution in [0.1, 0.15) is 12.5 Å². The highest BCUT2D eigenvalue weighted by molar-refractivity contribution is 9.10. The van der Waals surface area contributed by atoms with Gasteiger partial charge >= 0.3 is 0 Å². The van der Waals surface area contributed by atoms with Gasteiger partial charge in [-0.25, -0.2) is 0 Å². The Hall–Kier alpha value is -0.340. The zero-order valence-corrected chi connectivity index (χ0v) is 9.76. The van der Waals surface area contributed by atoms with E-state index in [-0.39, 0.29) is 0 Å². The molecule has 1 atom stereocenters. The summed E-state index contributed by atoms with van der Waals surface area (Å²) < 4.78 is 1.22. The van der Waals surface area contributed by atoms with Crippen molar-refractivity contribution < 1.29 is 0 Å². The van der Waals surface area contributed by atoms with Gasteiger partial charge in [-0.05, 0) is 37.6 Å². The van der Waals surface area contributed by atoms with E-state index in [1.807, 2.05) is 7.05 Å². The van der Waals surface area contributed by atoms with Gasteiger partial charge in [0.15, 0.2) is 0 Å². The van der Waals surface area contributed by atoms with Crippen LogP contribution in [0.4, 0.5) is 0 Å². The lowest BCUT2D eigenvalue weighted by atomic mass is 10.0. The molecule has 0 aliphatic heterocycles. The Bertz CT molecular complexity index is 260. The van der Waals surface area contributed by atoms with Crippen molar-refractivity contribution in [3.63, 3.8) is 0 Å². The number of halogens is 1. The van der Waals surface area contributed by atoms with E-state index in [1.165, 1.54) is 10.0 Å². The van der Waals surface area contributed by atoms with Gasteiger partial charge in [-0.2, -0.15) is 0 Å². The number of hydrogen-bond donors (Lipinski definition) is 1. The number of rotatable bonds is 4. The Morgan fingerprint density at radius 2 is 2.08 bits per heavy atom. The van der Waals surface area contributed by atoms with Crippen LogP contribution in [0.2, 0.25) is 0 Å². The summed E-state index contributed by atoms with van der Waals surface area (Å²) in [6.45, 7) is 3.33. The molecule has 13 heavy (non-hydrogen) atoms. The van der Waals surface area contributed by atoms with E-state index in [4.69, 9.17) is 0 Å². The van der Waals surface area contributed by atoms with Crippen molar-refractivity contribution in [3.8, 4) is 0 Å². The van der Waals surface area contributed by atoms with Gasteiger partial charge in [-0.15, -0.1) is 0 Å². The van der Waals surface area contributed by atoms with Gasteiger partial charge in [0.1, 0.15) is 0 Å². The van der Waals surface area contributed by atoms with Crippen LogP contribution in [0.3, 0.4) is 0 Å². The van der Waals surface area contributed by atoms with E-state index in [2.05, 4.69) is 52.4 Å². The maximum Gasteiger partial charge on any atom is 0.0207 e. The van der Waals surface area contributed by atoms with E-state index in [0.717, 1.165) is 13.0 Å². The molecule has 1 N–H and O–H groups in total. The fraction of sp³-hybridized carbons (Fsp3) is 0.455. The molecule has 0 aliphatic carbocycles. The SMILES string of the molecule is CNCC(C)Cc1ccccc1Br. The van der Waals surface area contributed by atoms with E-state index in [9.17, 15) is 0 Å². The van der Waals surface area contributed by atoms with Crippen molar-refractivity contribution in [2.24, 2.45) is 5.92 Å². The fourth-order valence-electron chi connectivity index (χ4n) is 1.46. The quantitative estimate of drug-likeness (QED) is 0.856. The molecule has 0 fully saturated rings. The Morgan fingerprint density at radius 1 is 1.38 bits per heavy atom.